The number of aromatic nitrogens is 4. The quantitative estimate of drug-likeness (QED) is 0.723. The van der Waals surface area contributed by atoms with Crippen LogP contribution in [0, 0.1) is 12.8 Å². The second-order valence-electron chi connectivity index (χ2n) is 8.12. The van der Waals surface area contributed by atoms with Gasteiger partial charge in [0.25, 0.3) is 5.91 Å². The zero-order valence-corrected chi connectivity index (χ0v) is 16.9. The van der Waals surface area contributed by atoms with Crippen molar-refractivity contribution in [3.05, 3.63) is 66.4 Å². The highest BCUT2D eigenvalue weighted by Crippen LogP contribution is 2.38. The number of hydrogen-bond acceptors (Lipinski definition) is 6. The fourth-order valence-electron chi connectivity index (χ4n) is 4.70. The second-order valence-corrected chi connectivity index (χ2v) is 8.12. The Kier molecular flexibility index (Phi) is 4.86. The Balaban J connectivity index is 1.42. The van der Waals surface area contributed by atoms with Gasteiger partial charge in [0.05, 0.1) is 29.7 Å². The van der Waals surface area contributed by atoms with Crippen LogP contribution in [0.2, 0.25) is 0 Å². The maximum Gasteiger partial charge on any atom is 0.254 e. The van der Waals surface area contributed by atoms with Crippen LogP contribution in [0.5, 0.6) is 0 Å². The Hall–Kier alpha value is -3.35. The van der Waals surface area contributed by atoms with Gasteiger partial charge in [-0.2, -0.15) is 0 Å². The van der Waals surface area contributed by atoms with Crippen molar-refractivity contribution in [3.8, 4) is 11.4 Å². The predicted molar refractivity (Wildman–Crippen MR) is 114 cm³/mol. The van der Waals surface area contributed by atoms with Gasteiger partial charge in [0, 0.05) is 30.5 Å². The van der Waals surface area contributed by atoms with E-state index in [4.69, 9.17) is 0 Å². The third kappa shape index (κ3) is 3.51. The topological polar surface area (TPSA) is 83.9 Å². The van der Waals surface area contributed by atoms with Crippen LogP contribution in [0.15, 0.2) is 55.1 Å². The van der Waals surface area contributed by atoms with E-state index >= 15 is 0 Å². The molecule has 3 aliphatic rings. The molecule has 1 saturated carbocycles. The van der Waals surface area contributed by atoms with Crippen molar-refractivity contribution in [2.75, 3.05) is 11.9 Å². The lowest BCUT2D eigenvalue weighted by Crippen LogP contribution is -2.59. The van der Waals surface area contributed by atoms with E-state index in [-0.39, 0.29) is 18.0 Å². The molecule has 6 rings (SSSR count). The van der Waals surface area contributed by atoms with Crippen molar-refractivity contribution in [1.29, 1.82) is 0 Å². The summed E-state index contributed by atoms with van der Waals surface area (Å²) in [7, 11) is 0. The number of fused-ring (bicyclic) bond motifs is 3. The Morgan fingerprint density at radius 1 is 1.03 bits per heavy atom. The lowest BCUT2D eigenvalue weighted by molar-refractivity contribution is 0.0282. The number of carbonyl (C=O) groups excluding carboxylic acids is 1. The summed E-state index contributed by atoms with van der Waals surface area (Å²) in [6.45, 7) is 2.72. The summed E-state index contributed by atoms with van der Waals surface area (Å²) in [5.41, 5.74) is 2.32. The smallest absolute Gasteiger partial charge is 0.254 e. The van der Waals surface area contributed by atoms with E-state index < -0.39 is 0 Å². The van der Waals surface area contributed by atoms with Gasteiger partial charge in [-0.25, -0.2) is 15.0 Å². The zero-order chi connectivity index (χ0) is 20.5. The predicted octanol–water partition coefficient (Wildman–Crippen LogP) is 3.35. The molecule has 3 atom stereocenters. The summed E-state index contributed by atoms with van der Waals surface area (Å²) in [5, 5.41) is 3.53. The fraction of sp³-hybridized carbons (Fsp3) is 0.348. The van der Waals surface area contributed by atoms with E-state index in [2.05, 4.69) is 25.3 Å². The molecule has 2 bridgehead atoms. The molecule has 3 fully saturated rings. The zero-order valence-electron chi connectivity index (χ0n) is 16.9. The highest BCUT2D eigenvalue weighted by molar-refractivity contribution is 6.00. The van der Waals surface area contributed by atoms with Gasteiger partial charge in [-0.05, 0) is 44.2 Å². The molecule has 1 aliphatic carbocycles. The molecular weight excluding hydrogens is 376 g/mol. The number of aryl methyl sites for hydroxylation is 1. The molecule has 2 saturated heterocycles. The third-order valence-corrected chi connectivity index (χ3v) is 6.12. The van der Waals surface area contributed by atoms with Crippen molar-refractivity contribution >= 4 is 11.7 Å². The Morgan fingerprint density at radius 2 is 1.87 bits per heavy atom. The number of carbonyl (C=O) groups is 1. The van der Waals surface area contributed by atoms with E-state index in [1.807, 2.05) is 36.1 Å². The SMILES string of the molecule is Cc1cnc(NC2CC3CCC2N(C(=O)c2ccccc2-c2ncccn2)C3)cn1. The first-order chi connectivity index (χ1) is 14.7. The van der Waals surface area contributed by atoms with Crippen LogP contribution in [0.25, 0.3) is 11.4 Å². The van der Waals surface area contributed by atoms with Crippen molar-refractivity contribution in [3.63, 3.8) is 0 Å². The fourth-order valence-corrected chi connectivity index (χ4v) is 4.70. The van der Waals surface area contributed by atoms with E-state index in [0.29, 0.717) is 17.3 Å². The first-order valence-corrected chi connectivity index (χ1v) is 10.4. The highest BCUT2D eigenvalue weighted by Gasteiger charge is 2.43. The lowest BCUT2D eigenvalue weighted by Gasteiger charge is -2.50. The van der Waals surface area contributed by atoms with Gasteiger partial charge < -0.3 is 10.2 Å². The van der Waals surface area contributed by atoms with Gasteiger partial charge in [-0.3, -0.25) is 9.78 Å². The van der Waals surface area contributed by atoms with Crippen LogP contribution >= 0.6 is 0 Å². The number of hydrogen-bond donors (Lipinski definition) is 1. The molecule has 30 heavy (non-hydrogen) atoms. The molecule has 2 aliphatic heterocycles. The van der Waals surface area contributed by atoms with Crippen LogP contribution in [0.4, 0.5) is 5.82 Å². The van der Waals surface area contributed by atoms with Crippen LogP contribution in [0.1, 0.15) is 35.3 Å². The second kappa shape index (κ2) is 7.82. The molecule has 3 unspecified atom stereocenters. The number of nitrogens with one attached hydrogen (secondary N) is 1. The van der Waals surface area contributed by atoms with Gasteiger partial charge in [-0.1, -0.05) is 18.2 Å². The van der Waals surface area contributed by atoms with Gasteiger partial charge in [-0.15, -0.1) is 0 Å². The molecule has 0 radical (unpaired) electrons. The van der Waals surface area contributed by atoms with E-state index in [1.165, 1.54) is 0 Å². The van der Waals surface area contributed by atoms with Gasteiger partial charge >= 0.3 is 0 Å². The minimum atomic E-state index is 0.0502. The number of rotatable bonds is 4. The minimum absolute atomic E-state index is 0.0502. The Labute approximate surface area is 175 Å². The molecule has 2 aromatic heterocycles. The molecule has 7 nitrogen and oxygen atoms in total. The summed E-state index contributed by atoms with van der Waals surface area (Å²) < 4.78 is 0. The lowest BCUT2D eigenvalue weighted by atomic mass is 9.76. The monoisotopic (exact) mass is 400 g/mol. The average Bonchev–Trinajstić information content (AvgIpc) is 2.81. The molecule has 1 N–H and O–H groups in total. The van der Waals surface area contributed by atoms with Crippen molar-refractivity contribution < 1.29 is 4.79 Å². The molecule has 0 spiro atoms. The van der Waals surface area contributed by atoms with Crippen molar-refractivity contribution in [1.82, 2.24) is 24.8 Å². The molecule has 3 aromatic rings. The summed E-state index contributed by atoms with van der Waals surface area (Å²) in [6.07, 6.45) is 10.2. The van der Waals surface area contributed by atoms with Crippen LogP contribution in [-0.2, 0) is 0 Å². The first-order valence-electron chi connectivity index (χ1n) is 10.4. The number of anilines is 1. The Morgan fingerprint density at radius 3 is 2.63 bits per heavy atom. The largest absolute Gasteiger partial charge is 0.364 e. The maximum absolute atomic E-state index is 13.6. The van der Waals surface area contributed by atoms with Gasteiger partial charge in [0.15, 0.2) is 5.82 Å². The van der Waals surface area contributed by atoms with Crippen LogP contribution in [0.3, 0.4) is 0 Å². The number of nitrogens with zero attached hydrogens (tertiary/aromatic N) is 5. The number of amides is 1. The molecule has 1 aromatic carbocycles. The summed E-state index contributed by atoms with van der Waals surface area (Å²) in [4.78, 5) is 33.2. The highest BCUT2D eigenvalue weighted by atomic mass is 16.2. The van der Waals surface area contributed by atoms with Crippen LogP contribution in [-0.4, -0.2) is 49.4 Å². The molecule has 7 heteroatoms. The Bertz CT molecular complexity index is 1040. The minimum Gasteiger partial charge on any atom is -0.364 e. The van der Waals surface area contributed by atoms with Crippen LogP contribution < -0.4 is 5.32 Å². The molecule has 4 heterocycles. The maximum atomic E-state index is 13.6. The number of benzene rings is 1. The number of piperidine rings is 2. The van der Waals surface area contributed by atoms with Gasteiger partial charge in [0.1, 0.15) is 5.82 Å². The van der Waals surface area contributed by atoms with E-state index in [0.717, 1.165) is 42.9 Å². The third-order valence-electron chi connectivity index (χ3n) is 6.12. The summed E-state index contributed by atoms with van der Waals surface area (Å²) in [5.74, 6) is 1.89. The molecule has 1 amide bonds. The summed E-state index contributed by atoms with van der Waals surface area (Å²) >= 11 is 0. The van der Waals surface area contributed by atoms with E-state index in [9.17, 15) is 4.79 Å². The van der Waals surface area contributed by atoms with Crippen molar-refractivity contribution in [2.24, 2.45) is 5.92 Å². The average molecular weight is 400 g/mol. The molecular formula is C23H24N6O. The van der Waals surface area contributed by atoms with Crippen molar-refractivity contribution in [2.45, 2.75) is 38.3 Å². The summed E-state index contributed by atoms with van der Waals surface area (Å²) in [6, 6.07) is 9.72. The molecule has 152 valence electrons. The first kappa shape index (κ1) is 18.7. The van der Waals surface area contributed by atoms with Gasteiger partial charge in [0.2, 0.25) is 0 Å². The van der Waals surface area contributed by atoms with E-state index in [1.54, 1.807) is 30.9 Å². The normalized spacial score (nSPS) is 22.7. The standard InChI is InChI=1S/C23H24N6O/c1-15-12-27-21(13-26-15)28-19-11-16-7-8-20(19)29(14-16)23(30)18-6-3-2-5-17(18)22-24-9-4-10-25-22/h2-6,9-10,12-13,16,19-20H,7-8,11,14H2,1H3,(H,27,28).